The molecule has 2 N–H and O–H groups in total. The molecule has 0 saturated carbocycles. The lowest BCUT2D eigenvalue weighted by Gasteiger charge is -1.97. The van der Waals surface area contributed by atoms with Crippen molar-refractivity contribution >= 4 is 11.8 Å². The van der Waals surface area contributed by atoms with Crippen LogP contribution in [-0.2, 0) is 5.75 Å². The van der Waals surface area contributed by atoms with Gasteiger partial charge in [-0.25, -0.2) is 19.3 Å². The molecule has 3 aromatic rings. The first kappa shape index (κ1) is 12.7. The number of aromatic amines is 2. The second-order valence-electron chi connectivity index (χ2n) is 3.87. The van der Waals surface area contributed by atoms with E-state index in [4.69, 9.17) is 4.42 Å². The normalized spacial score (nSPS) is 10.8. The molecule has 0 amide bonds. The van der Waals surface area contributed by atoms with E-state index < -0.39 is 0 Å². The summed E-state index contributed by atoms with van der Waals surface area (Å²) in [6.45, 7) is 0. The molecule has 3 rings (SSSR count). The van der Waals surface area contributed by atoms with E-state index in [1.54, 1.807) is 18.2 Å². The van der Waals surface area contributed by atoms with Crippen LogP contribution >= 0.6 is 11.8 Å². The first-order valence-corrected chi connectivity index (χ1v) is 6.68. The number of benzene rings is 1. The molecule has 0 saturated heterocycles. The van der Waals surface area contributed by atoms with Gasteiger partial charge in [-0.15, -0.1) is 5.10 Å². The molecule has 2 aromatic heterocycles. The van der Waals surface area contributed by atoms with Crippen LogP contribution in [-0.4, -0.2) is 20.2 Å². The fourth-order valence-corrected chi connectivity index (χ4v) is 2.28. The minimum Gasteiger partial charge on any atom is -0.440 e. The van der Waals surface area contributed by atoms with Crippen molar-refractivity contribution in [1.29, 1.82) is 0 Å². The molecule has 0 radical (unpaired) electrons. The summed E-state index contributed by atoms with van der Waals surface area (Å²) >= 11 is 1.26. The molecular weight excluding hydrogens is 283 g/mol. The molecule has 0 spiro atoms. The van der Waals surface area contributed by atoms with Crippen LogP contribution in [0.3, 0.4) is 0 Å². The van der Waals surface area contributed by atoms with Gasteiger partial charge < -0.3 is 4.42 Å². The Morgan fingerprint density at radius 1 is 1.35 bits per heavy atom. The standard InChI is InChI=1S/C12H9FN4O2S/c13-8-4-2-1-3-7(8)9-5-14-10(19-9)6-20-12-15-11(18)16-17-12/h1-5H,6H2,(H2,15,16,17,18). The number of hydrogen-bond acceptors (Lipinski definition) is 5. The smallest absolute Gasteiger partial charge is 0.341 e. The maximum Gasteiger partial charge on any atom is 0.341 e. The van der Waals surface area contributed by atoms with Crippen LogP contribution in [0, 0.1) is 5.82 Å². The van der Waals surface area contributed by atoms with E-state index in [0.29, 0.717) is 28.1 Å². The zero-order valence-electron chi connectivity index (χ0n) is 10.1. The van der Waals surface area contributed by atoms with Gasteiger partial charge >= 0.3 is 5.69 Å². The fraction of sp³-hybridized carbons (Fsp3) is 0.0833. The molecule has 0 aliphatic rings. The quantitative estimate of drug-likeness (QED) is 0.720. The Morgan fingerprint density at radius 3 is 2.95 bits per heavy atom. The molecule has 0 bridgehead atoms. The Bertz CT molecular complexity index is 779. The summed E-state index contributed by atoms with van der Waals surface area (Å²) in [5, 5.41) is 6.46. The number of nitrogens with one attached hydrogen (secondary N) is 2. The molecule has 0 aliphatic carbocycles. The summed E-state index contributed by atoms with van der Waals surface area (Å²) in [7, 11) is 0. The molecule has 0 unspecified atom stereocenters. The summed E-state index contributed by atoms with van der Waals surface area (Å²) in [6.07, 6.45) is 1.47. The minimum atomic E-state index is -0.369. The average Bonchev–Trinajstić information content (AvgIpc) is 3.06. The van der Waals surface area contributed by atoms with Crippen molar-refractivity contribution in [3.63, 3.8) is 0 Å². The molecule has 8 heteroatoms. The Hall–Kier alpha value is -2.35. The Labute approximate surface area is 116 Å². The van der Waals surface area contributed by atoms with Crippen LogP contribution in [0.4, 0.5) is 4.39 Å². The molecule has 6 nitrogen and oxygen atoms in total. The van der Waals surface area contributed by atoms with E-state index >= 15 is 0 Å². The van der Waals surface area contributed by atoms with Crippen LogP contribution in [0.1, 0.15) is 5.89 Å². The number of H-pyrrole nitrogens is 2. The van der Waals surface area contributed by atoms with Crippen LogP contribution in [0.15, 0.2) is 44.8 Å². The van der Waals surface area contributed by atoms with E-state index in [-0.39, 0.29) is 11.5 Å². The van der Waals surface area contributed by atoms with Crippen molar-refractivity contribution in [2.75, 3.05) is 0 Å². The molecule has 1 aromatic carbocycles. The Kier molecular flexibility index (Phi) is 3.38. The zero-order chi connectivity index (χ0) is 13.9. The number of aromatic nitrogens is 4. The van der Waals surface area contributed by atoms with Gasteiger partial charge in [0, 0.05) is 0 Å². The number of rotatable bonds is 4. The topological polar surface area (TPSA) is 87.6 Å². The summed E-state index contributed by atoms with van der Waals surface area (Å²) in [6, 6.07) is 6.32. The van der Waals surface area contributed by atoms with Gasteiger partial charge in [-0.3, -0.25) is 4.98 Å². The molecule has 102 valence electrons. The van der Waals surface area contributed by atoms with Crippen molar-refractivity contribution in [2.24, 2.45) is 0 Å². The third-order valence-corrected chi connectivity index (χ3v) is 3.36. The zero-order valence-corrected chi connectivity index (χ0v) is 10.9. The molecule has 20 heavy (non-hydrogen) atoms. The van der Waals surface area contributed by atoms with Crippen molar-refractivity contribution in [3.8, 4) is 11.3 Å². The first-order chi connectivity index (χ1) is 9.72. The van der Waals surface area contributed by atoms with Gasteiger partial charge in [-0.1, -0.05) is 23.9 Å². The highest BCUT2D eigenvalue weighted by molar-refractivity contribution is 7.98. The third kappa shape index (κ3) is 2.64. The minimum absolute atomic E-state index is 0.362. The van der Waals surface area contributed by atoms with Gasteiger partial charge in [-0.05, 0) is 12.1 Å². The highest BCUT2D eigenvalue weighted by Gasteiger charge is 2.11. The Morgan fingerprint density at radius 2 is 2.20 bits per heavy atom. The number of thioether (sulfide) groups is 1. The third-order valence-electron chi connectivity index (χ3n) is 2.50. The largest absolute Gasteiger partial charge is 0.440 e. The Balaban J connectivity index is 1.74. The van der Waals surface area contributed by atoms with E-state index in [2.05, 4.69) is 20.2 Å². The van der Waals surface area contributed by atoms with Crippen LogP contribution < -0.4 is 5.69 Å². The first-order valence-electron chi connectivity index (χ1n) is 5.69. The van der Waals surface area contributed by atoms with Gasteiger partial charge in [0.25, 0.3) is 0 Å². The van der Waals surface area contributed by atoms with Crippen molar-refractivity contribution in [2.45, 2.75) is 10.9 Å². The van der Waals surface area contributed by atoms with Crippen LogP contribution in [0.5, 0.6) is 0 Å². The SMILES string of the molecule is O=c1[nH]nc(SCc2ncc(-c3ccccc3F)o2)[nH]1. The molecule has 0 atom stereocenters. The summed E-state index contributed by atoms with van der Waals surface area (Å²) < 4.78 is 19.1. The molecule has 2 heterocycles. The van der Waals surface area contributed by atoms with Crippen LogP contribution in [0.2, 0.25) is 0 Å². The highest BCUT2D eigenvalue weighted by atomic mass is 32.2. The van der Waals surface area contributed by atoms with E-state index in [1.807, 2.05) is 0 Å². The van der Waals surface area contributed by atoms with Crippen molar-refractivity contribution in [3.05, 3.63) is 52.7 Å². The van der Waals surface area contributed by atoms with Crippen LogP contribution in [0.25, 0.3) is 11.3 Å². The summed E-state index contributed by atoms with van der Waals surface area (Å²) in [5.41, 5.74) is -0.00336. The predicted molar refractivity (Wildman–Crippen MR) is 70.7 cm³/mol. The van der Waals surface area contributed by atoms with Crippen molar-refractivity contribution in [1.82, 2.24) is 20.2 Å². The second-order valence-corrected chi connectivity index (χ2v) is 4.83. The lowest BCUT2D eigenvalue weighted by molar-refractivity contribution is 0.524. The number of oxazole rings is 1. The highest BCUT2D eigenvalue weighted by Crippen LogP contribution is 2.25. The fourth-order valence-electron chi connectivity index (χ4n) is 1.62. The van der Waals surface area contributed by atoms with E-state index in [1.165, 1.54) is 24.0 Å². The van der Waals surface area contributed by atoms with Gasteiger partial charge in [0.15, 0.2) is 10.9 Å². The maximum atomic E-state index is 13.6. The lowest BCUT2D eigenvalue weighted by Crippen LogP contribution is -2.00. The van der Waals surface area contributed by atoms with Gasteiger partial charge in [-0.2, -0.15) is 0 Å². The van der Waals surface area contributed by atoms with Gasteiger partial charge in [0.2, 0.25) is 5.89 Å². The maximum absolute atomic E-state index is 13.6. The van der Waals surface area contributed by atoms with E-state index in [0.717, 1.165) is 0 Å². The lowest BCUT2D eigenvalue weighted by atomic mass is 10.2. The molecule has 0 aliphatic heterocycles. The number of hydrogen-bond donors (Lipinski definition) is 2. The number of halogens is 1. The number of nitrogens with zero attached hydrogens (tertiary/aromatic N) is 2. The van der Waals surface area contributed by atoms with Crippen molar-refractivity contribution < 1.29 is 8.81 Å². The molecule has 0 fully saturated rings. The van der Waals surface area contributed by atoms with E-state index in [9.17, 15) is 9.18 Å². The second kappa shape index (κ2) is 5.33. The molecular formula is C12H9FN4O2S. The summed E-state index contributed by atoms with van der Waals surface area (Å²) in [4.78, 5) is 17.4. The van der Waals surface area contributed by atoms with Gasteiger partial charge in [0.1, 0.15) is 5.82 Å². The average molecular weight is 292 g/mol. The monoisotopic (exact) mass is 292 g/mol. The van der Waals surface area contributed by atoms with Gasteiger partial charge in [0.05, 0.1) is 17.5 Å². The summed E-state index contributed by atoms with van der Waals surface area (Å²) in [5.74, 6) is 0.820. The predicted octanol–water partition coefficient (Wildman–Crippen LogP) is 2.18.